The lowest BCUT2D eigenvalue weighted by Gasteiger charge is -2.09. The molecule has 0 saturated carbocycles. The number of fused-ring (bicyclic) bond motifs is 1. The summed E-state index contributed by atoms with van der Waals surface area (Å²) in [7, 11) is 0. The van der Waals surface area contributed by atoms with Crippen molar-refractivity contribution in [1.29, 1.82) is 0 Å². The summed E-state index contributed by atoms with van der Waals surface area (Å²) < 4.78 is 2.50. The van der Waals surface area contributed by atoms with E-state index in [2.05, 4.69) is 37.2 Å². The second kappa shape index (κ2) is 7.70. The topological polar surface area (TPSA) is 98.0 Å². The van der Waals surface area contributed by atoms with Crippen LogP contribution in [0.15, 0.2) is 23.3 Å². The summed E-state index contributed by atoms with van der Waals surface area (Å²) in [6, 6.07) is 0. The summed E-state index contributed by atoms with van der Waals surface area (Å²) in [5.41, 5.74) is 2.82. The minimum atomic E-state index is -0.103. The molecule has 3 aromatic heterocycles. The van der Waals surface area contributed by atoms with Gasteiger partial charge < -0.3 is 5.32 Å². The molecule has 0 aliphatic heterocycles. The third-order valence-corrected chi connectivity index (χ3v) is 5.54. The lowest BCUT2D eigenvalue weighted by molar-refractivity contribution is -0.116. The number of aromatic nitrogens is 6. The number of anilines is 1. The summed E-state index contributed by atoms with van der Waals surface area (Å²) in [5.74, 6) is 1.23. The van der Waals surface area contributed by atoms with Crippen LogP contribution >= 0.6 is 23.1 Å². The van der Waals surface area contributed by atoms with E-state index in [1.165, 1.54) is 29.4 Å². The van der Waals surface area contributed by atoms with Gasteiger partial charge in [-0.3, -0.25) is 4.79 Å². The van der Waals surface area contributed by atoms with Crippen LogP contribution in [0.25, 0.3) is 5.78 Å². The lowest BCUT2D eigenvalue weighted by Crippen LogP contribution is -2.14. The van der Waals surface area contributed by atoms with Gasteiger partial charge in [-0.25, -0.2) is 9.50 Å². The molecule has 0 aliphatic carbocycles. The van der Waals surface area contributed by atoms with Crippen LogP contribution in [0, 0.1) is 13.8 Å². The molecular formula is C15H17N7OS2. The van der Waals surface area contributed by atoms with E-state index in [4.69, 9.17) is 0 Å². The summed E-state index contributed by atoms with van der Waals surface area (Å²) in [4.78, 5) is 20.7. The zero-order valence-electron chi connectivity index (χ0n) is 13.9. The first kappa shape index (κ1) is 17.5. The van der Waals surface area contributed by atoms with Crippen molar-refractivity contribution in [2.45, 2.75) is 31.0 Å². The van der Waals surface area contributed by atoms with Gasteiger partial charge in [0, 0.05) is 23.6 Å². The third kappa shape index (κ3) is 4.02. The average molecular weight is 375 g/mol. The molecular weight excluding hydrogens is 358 g/mol. The Kier molecular flexibility index (Phi) is 5.39. The molecule has 0 spiro atoms. The second-order valence-electron chi connectivity index (χ2n) is 5.25. The van der Waals surface area contributed by atoms with Gasteiger partial charge >= 0.3 is 0 Å². The van der Waals surface area contributed by atoms with Crippen LogP contribution in [-0.4, -0.2) is 41.4 Å². The quantitative estimate of drug-likeness (QED) is 0.385. The van der Waals surface area contributed by atoms with Crippen molar-refractivity contribution < 1.29 is 4.79 Å². The highest BCUT2D eigenvalue weighted by Gasteiger charge is 2.14. The van der Waals surface area contributed by atoms with Crippen LogP contribution in [-0.2, 0) is 11.2 Å². The van der Waals surface area contributed by atoms with Gasteiger partial charge in [0.1, 0.15) is 6.33 Å². The Bertz CT molecular complexity index is 918. The number of nitrogens with one attached hydrogen (secondary N) is 1. The smallest absolute Gasteiger partial charge is 0.252 e. The maximum atomic E-state index is 12.2. The first-order valence-corrected chi connectivity index (χ1v) is 9.41. The van der Waals surface area contributed by atoms with Crippen molar-refractivity contribution in [2.75, 3.05) is 11.1 Å². The van der Waals surface area contributed by atoms with E-state index >= 15 is 0 Å². The van der Waals surface area contributed by atoms with Gasteiger partial charge in [0.2, 0.25) is 11.0 Å². The molecule has 0 atom stereocenters. The van der Waals surface area contributed by atoms with Crippen molar-refractivity contribution in [3.8, 4) is 0 Å². The average Bonchev–Trinajstić information content (AvgIpc) is 3.22. The molecule has 3 aromatic rings. The monoisotopic (exact) mass is 375 g/mol. The maximum Gasteiger partial charge on any atom is 0.252 e. The van der Waals surface area contributed by atoms with Crippen molar-refractivity contribution in [3.63, 3.8) is 0 Å². The molecule has 0 unspecified atom stereocenters. The van der Waals surface area contributed by atoms with Gasteiger partial charge in [-0.2, -0.15) is 10.1 Å². The zero-order valence-corrected chi connectivity index (χ0v) is 15.5. The number of thioether (sulfide) groups is 1. The Labute approximate surface area is 152 Å². The highest BCUT2D eigenvalue weighted by atomic mass is 32.2. The zero-order chi connectivity index (χ0) is 17.8. The predicted octanol–water partition coefficient (Wildman–Crippen LogP) is 2.44. The van der Waals surface area contributed by atoms with Gasteiger partial charge in [-0.15, -0.1) is 16.8 Å². The normalized spacial score (nSPS) is 11.0. The molecule has 3 heterocycles. The van der Waals surface area contributed by atoms with E-state index in [1.54, 1.807) is 10.6 Å². The lowest BCUT2D eigenvalue weighted by atomic mass is 10.1. The van der Waals surface area contributed by atoms with Crippen molar-refractivity contribution in [3.05, 3.63) is 35.9 Å². The number of amides is 1. The molecule has 3 rings (SSSR count). The number of carbonyl (C=O) groups is 1. The highest BCUT2D eigenvalue weighted by molar-refractivity contribution is 8.01. The molecule has 0 radical (unpaired) electrons. The number of hydrogen-bond acceptors (Lipinski definition) is 8. The van der Waals surface area contributed by atoms with Crippen molar-refractivity contribution in [2.24, 2.45) is 0 Å². The molecule has 0 bridgehead atoms. The Morgan fingerprint density at radius 2 is 2.28 bits per heavy atom. The molecule has 8 nitrogen and oxygen atoms in total. The van der Waals surface area contributed by atoms with Crippen LogP contribution in [0.4, 0.5) is 5.13 Å². The number of aryl methyl sites for hydroxylation is 2. The molecule has 0 fully saturated rings. The van der Waals surface area contributed by atoms with Gasteiger partial charge in [-0.05, 0) is 25.8 Å². The Morgan fingerprint density at radius 3 is 3.08 bits per heavy atom. The first-order valence-electron chi connectivity index (χ1n) is 7.61. The molecule has 0 aromatic carbocycles. The minimum absolute atomic E-state index is 0.103. The fraction of sp³-hybridized carbons (Fsp3) is 0.333. The fourth-order valence-corrected chi connectivity index (χ4v) is 3.92. The van der Waals surface area contributed by atoms with Gasteiger partial charge in [0.25, 0.3) is 5.78 Å². The van der Waals surface area contributed by atoms with Crippen molar-refractivity contribution in [1.82, 2.24) is 29.8 Å². The Hall–Kier alpha value is -2.33. The van der Waals surface area contributed by atoms with E-state index in [-0.39, 0.29) is 5.91 Å². The maximum absolute atomic E-state index is 12.2. The predicted molar refractivity (Wildman–Crippen MR) is 98.0 cm³/mol. The van der Waals surface area contributed by atoms with E-state index in [9.17, 15) is 4.79 Å². The Morgan fingerprint density at radius 1 is 1.44 bits per heavy atom. The number of hydrogen-bond donors (Lipinski definition) is 1. The molecule has 10 heteroatoms. The van der Waals surface area contributed by atoms with Crippen LogP contribution in [0.2, 0.25) is 0 Å². The molecule has 0 saturated heterocycles. The van der Waals surface area contributed by atoms with Gasteiger partial charge in [0.05, 0.1) is 0 Å². The summed E-state index contributed by atoms with van der Waals surface area (Å²) in [5, 5.41) is 15.5. The van der Waals surface area contributed by atoms with Crippen molar-refractivity contribution >= 4 is 39.9 Å². The van der Waals surface area contributed by atoms with Crippen LogP contribution < -0.4 is 5.32 Å². The van der Waals surface area contributed by atoms with Crippen LogP contribution in [0.5, 0.6) is 0 Å². The van der Waals surface area contributed by atoms with Crippen LogP contribution in [0.3, 0.4) is 0 Å². The highest BCUT2D eigenvalue weighted by Crippen LogP contribution is 2.25. The summed E-state index contributed by atoms with van der Waals surface area (Å²) in [6.45, 7) is 7.54. The minimum Gasteiger partial charge on any atom is -0.300 e. The first-order chi connectivity index (χ1) is 12.1. The number of nitrogens with zero attached hydrogens (tertiary/aromatic N) is 6. The fourth-order valence-electron chi connectivity index (χ4n) is 2.39. The summed E-state index contributed by atoms with van der Waals surface area (Å²) in [6.07, 6.45) is 4.18. The van der Waals surface area contributed by atoms with Gasteiger partial charge in [-0.1, -0.05) is 29.2 Å². The molecule has 130 valence electrons. The largest absolute Gasteiger partial charge is 0.300 e. The molecule has 25 heavy (non-hydrogen) atoms. The van der Waals surface area contributed by atoms with E-state index < -0.39 is 0 Å². The second-order valence-corrected chi connectivity index (χ2v) is 7.50. The standard InChI is InChI=1S/C15H17N7OS2/c1-4-7-24-15-21-20-14(25-15)19-12(23)6-5-11-9(2)18-13-16-8-17-22(13)10(11)3/h4,8H,1,5-7H2,2-3H3,(H,19,20,23). The Balaban J connectivity index is 1.62. The number of rotatable bonds is 7. The molecule has 1 amide bonds. The number of carbonyl (C=O) groups excluding carboxylic acids is 1. The van der Waals surface area contributed by atoms with E-state index in [0.29, 0.717) is 23.8 Å². The van der Waals surface area contributed by atoms with Crippen LogP contribution in [0.1, 0.15) is 23.4 Å². The third-order valence-electron chi connectivity index (χ3n) is 3.57. The van der Waals surface area contributed by atoms with E-state index in [0.717, 1.165) is 27.0 Å². The SMILES string of the molecule is C=CCSc1nnc(NC(=O)CCc2c(C)nc3ncnn3c2C)s1. The molecule has 0 aliphatic rings. The molecule has 1 N–H and O–H groups in total. The summed E-state index contributed by atoms with van der Waals surface area (Å²) >= 11 is 2.89. The van der Waals surface area contributed by atoms with E-state index in [1.807, 2.05) is 13.8 Å². The van der Waals surface area contributed by atoms with Gasteiger partial charge in [0.15, 0.2) is 4.34 Å².